The van der Waals surface area contributed by atoms with Crippen LogP contribution in [-0.2, 0) is 0 Å². The van der Waals surface area contributed by atoms with Crippen LogP contribution in [0.1, 0.15) is 11.6 Å². The van der Waals surface area contributed by atoms with Crippen LogP contribution in [0.15, 0.2) is 60.9 Å². The van der Waals surface area contributed by atoms with E-state index in [9.17, 15) is 17.6 Å². The van der Waals surface area contributed by atoms with E-state index in [0.29, 0.717) is 23.6 Å². The molecule has 1 aromatic heterocycles. The lowest BCUT2D eigenvalue weighted by Crippen LogP contribution is -2.21. The lowest BCUT2D eigenvalue weighted by atomic mass is 10.1. The quantitative estimate of drug-likeness (QED) is 0.571. The largest absolute Gasteiger partial charge is 0.481 e. The number of rotatable bonds is 7. The number of nitrogens with one attached hydrogen (secondary N) is 1. The molecule has 3 aromatic rings. The van der Waals surface area contributed by atoms with Gasteiger partial charge in [-0.3, -0.25) is 0 Å². The summed E-state index contributed by atoms with van der Waals surface area (Å²) >= 11 is 0. The summed E-state index contributed by atoms with van der Waals surface area (Å²) in [7, 11) is 0. The number of alkyl halides is 3. The molecule has 0 fully saturated rings. The summed E-state index contributed by atoms with van der Waals surface area (Å²) < 4.78 is 55.2. The van der Waals surface area contributed by atoms with Gasteiger partial charge < -0.3 is 15.8 Å². The van der Waals surface area contributed by atoms with Crippen molar-refractivity contribution in [2.75, 3.05) is 18.5 Å². The van der Waals surface area contributed by atoms with Crippen LogP contribution in [0.5, 0.6) is 5.75 Å². The van der Waals surface area contributed by atoms with Crippen molar-refractivity contribution in [3.63, 3.8) is 0 Å². The normalized spacial score (nSPS) is 12.4. The average Bonchev–Trinajstić information content (AvgIpc) is 2.71. The number of hydrogen-bond donors (Lipinski definition) is 2. The van der Waals surface area contributed by atoms with Gasteiger partial charge in [-0.05, 0) is 23.8 Å². The van der Waals surface area contributed by atoms with E-state index < -0.39 is 24.3 Å². The first kappa shape index (κ1) is 20.5. The van der Waals surface area contributed by atoms with Gasteiger partial charge in [0.05, 0.1) is 5.69 Å². The van der Waals surface area contributed by atoms with E-state index in [1.165, 1.54) is 12.4 Å². The minimum absolute atomic E-state index is 0.253. The van der Waals surface area contributed by atoms with Gasteiger partial charge in [-0.1, -0.05) is 30.3 Å². The summed E-state index contributed by atoms with van der Waals surface area (Å²) in [5, 5.41) is 3.10. The van der Waals surface area contributed by atoms with E-state index in [4.69, 9.17) is 5.73 Å². The molecule has 0 spiro atoms. The number of hydrogen-bond acceptors (Lipinski definition) is 5. The molecule has 0 saturated heterocycles. The Kier molecular flexibility index (Phi) is 6.28. The Morgan fingerprint density at radius 2 is 1.79 bits per heavy atom. The highest BCUT2D eigenvalue weighted by atomic mass is 19.4. The summed E-state index contributed by atoms with van der Waals surface area (Å²) in [6.45, 7) is -1.15. The SMILES string of the molecule is NC(CNc1cc(-c2ccc(OCC(F)(F)F)c(F)c2)ncn1)c1ccccc1. The summed E-state index contributed by atoms with van der Waals surface area (Å²) in [5.74, 6) is -0.905. The first-order valence-corrected chi connectivity index (χ1v) is 8.68. The van der Waals surface area contributed by atoms with Gasteiger partial charge in [-0.15, -0.1) is 0 Å². The Bertz CT molecular complexity index is 951. The second kappa shape index (κ2) is 8.87. The van der Waals surface area contributed by atoms with Crippen LogP contribution in [0, 0.1) is 5.82 Å². The van der Waals surface area contributed by atoms with Crippen molar-refractivity contribution in [2.24, 2.45) is 5.73 Å². The fraction of sp³-hybridized carbons (Fsp3) is 0.200. The van der Waals surface area contributed by atoms with Crippen LogP contribution in [0.3, 0.4) is 0 Å². The fourth-order valence-corrected chi connectivity index (χ4v) is 2.58. The first-order chi connectivity index (χ1) is 13.8. The third-order valence-corrected chi connectivity index (χ3v) is 4.02. The molecule has 1 unspecified atom stereocenters. The Hall–Kier alpha value is -3.20. The summed E-state index contributed by atoms with van der Waals surface area (Å²) in [4.78, 5) is 8.19. The number of nitrogens with zero attached hydrogens (tertiary/aromatic N) is 2. The molecule has 3 N–H and O–H groups in total. The predicted octanol–water partition coefficient (Wildman–Crippen LogP) is 4.34. The van der Waals surface area contributed by atoms with Gasteiger partial charge in [-0.25, -0.2) is 14.4 Å². The zero-order valence-corrected chi connectivity index (χ0v) is 15.2. The third-order valence-electron chi connectivity index (χ3n) is 4.02. The first-order valence-electron chi connectivity index (χ1n) is 8.68. The van der Waals surface area contributed by atoms with Gasteiger partial charge >= 0.3 is 6.18 Å². The number of nitrogens with two attached hydrogens (primary N) is 1. The highest BCUT2D eigenvalue weighted by molar-refractivity contribution is 5.63. The van der Waals surface area contributed by atoms with E-state index in [-0.39, 0.29) is 6.04 Å². The van der Waals surface area contributed by atoms with Crippen LogP contribution in [0.25, 0.3) is 11.3 Å². The van der Waals surface area contributed by atoms with Gasteiger partial charge in [0.1, 0.15) is 12.1 Å². The molecule has 0 bridgehead atoms. The van der Waals surface area contributed by atoms with E-state index in [0.717, 1.165) is 17.7 Å². The maximum Gasteiger partial charge on any atom is 0.422 e. The summed E-state index contributed by atoms with van der Waals surface area (Å²) in [6.07, 6.45) is -3.24. The number of benzene rings is 2. The molecule has 2 aromatic carbocycles. The molecule has 0 radical (unpaired) electrons. The topological polar surface area (TPSA) is 73.1 Å². The maximum absolute atomic E-state index is 14.1. The molecule has 1 atom stereocenters. The highest BCUT2D eigenvalue weighted by Gasteiger charge is 2.29. The van der Waals surface area contributed by atoms with Gasteiger partial charge in [0, 0.05) is 24.2 Å². The lowest BCUT2D eigenvalue weighted by molar-refractivity contribution is -0.153. The van der Waals surface area contributed by atoms with Crippen LogP contribution >= 0.6 is 0 Å². The van der Waals surface area contributed by atoms with E-state index >= 15 is 0 Å². The Labute approximate surface area is 164 Å². The monoisotopic (exact) mass is 406 g/mol. The summed E-state index contributed by atoms with van der Waals surface area (Å²) in [6, 6.07) is 14.5. The zero-order valence-electron chi connectivity index (χ0n) is 15.2. The predicted molar refractivity (Wildman–Crippen MR) is 101 cm³/mol. The number of ether oxygens (including phenoxy) is 1. The van der Waals surface area contributed by atoms with Crippen molar-refractivity contribution >= 4 is 5.82 Å². The zero-order chi connectivity index (χ0) is 20.9. The molecule has 1 heterocycles. The number of halogens is 4. The second-order valence-corrected chi connectivity index (χ2v) is 6.24. The van der Waals surface area contributed by atoms with Crippen LogP contribution in [0.4, 0.5) is 23.4 Å². The van der Waals surface area contributed by atoms with Crippen LogP contribution in [-0.4, -0.2) is 29.3 Å². The van der Waals surface area contributed by atoms with Crippen LogP contribution < -0.4 is 15.8 Å². The molecule has 0 amide bonds. The Balaban J connectivity index is 1.68. The molecule has 9 heteroatoms. The van der Waals surface area contributed by atoms with Gasteiger partial charge in [0.15, 0.2) is 18.2 Å². The van der Waals surface area contributed by atoms with Crippen molar-refractivity contribution < 1.29 is 22.3 Å². The van der Waals surface area contributed by atoms with Crippen molar-refractivity contribution in [3.8, 4) is 17.0 Å². The standard InChI is InChI=1S/C20H18F4N4O/c21-15-8-14(6-7-18(15)29-11-20(22,23)24)17-9-19(28-12-27-17)26-10-16(25)13-4-2-1-3-5-13/h1-9,12,16H,10-11,25H2,(H,26,27,28). The molecule has 0 aliphatic carbocycles. The smallest absolute Gasteiger partial charge is 0.422 e. The lowest BCUT2D eigenvalue weighted by Gasteiger charge is -2.14. The summed E-state index contributed by atoms with van der Waals surface area (Å²) in [5.41, 5.74) is 7.88. The molecule has 0 aliphatic rings. The van der Waals surface area contributed by atoms with E-state index in [1.54, 1.807) is 6.07 Å². The minimum Gasteiger partial charge on any atom is -0.481 e. The van der Waals surface area contributed by atoms with Crippen molar-refractivity contribution in [2.45, 2.75) is 12.2 Å². The highest BCUT2D eigenvalue weighted by Crippen LogP contribution is 2.27. The Morgan fingerprint density at radius 1 is 1.03 bits per heavy atom. The third kappa shape index (κ3) is 5.89. The van der Waals surface area contributed by atoms with Gasteiger partial charge in [0.2, 0.25) is 0 Å². The Morgan fingerprint density at radius 3 is 2.48 bits per heavy atom. The molecular formula is C20H18F4N4O. The van der Waals surface area contributed by atoms with Gasteiger partial charge in [0.25, 0.3) is 0 Å². The molecule has 5 nitrogen and oxygen atoms in total. The molecule has 0 aliphatic heterocycles. The molecule has 152 valence electrons. The maximum atomic E-state index is 14.1. The van der Waals surface area contributed by atoms with Crippen molar-refractivity contribution in [1.82, 2.24) is 9.97 Å². The van der Waals surface area contributed by atoms with Crippen molar-refractivity contribution in [1.29, 1.82) is 0 Å². The van der Waals surface area contributed by atoms with Crippen LogP contribution in [0.2, 0.25) is 0 Å². The van der Waals surface area contributed by atoms with E-state index in [1.807, 2.05) is 30.3 Å². The number of anilines is 1. The van der Waals surface area contributed by atoms with E-state index in [2.05, 4.69) is 20.0 Å². The number of aromatic nitrogens is 2. The van der Waals surface area contributed by atoms with Crippen molar-refractivity contribution in [3.05, 3.63) is 72.3 Å². The molecule has 29 heavy (non-hydrogen) atoms. The molecule has 3 rings (SSSR count). The average molecular weight is 406 g/mol. The molecular weight excluding hydrogens is 388 g/mol. The van der Waals surface area contributed by atoms with Gasteiger partial charge in [-0.2, -0.15) is 13.2 Å². The minimum atomic E-state index is -4.54. The fourth-order valence-electron chi connectivity index (χ4n) is 2.58. The molecule has 0 saturated carbocycles. The second-order valence-electron chi connectivity index (χ2n) is 6.24.